The highest BCUT2D eigenvalue weighted by atomic mass is 19.4. The lowest BCUT2D eigenvalue weighted by Crippen LogP contribution is -2.17. The van der Waals surface area contributed by atoms with E-state index in [4.69, 9.17) is 0 Å². The highest BCUT2D eigenvalue weighted by Gasteiger charge is 2.42. The molecule has 71 heavy (non-hydrogen) atoms. The van der Waals surface area contributed by atoms with Gasteiger partial charge in [0.25, 0.3) is 0 Å². The third-order valence-electron chi connectivity index (χ3n) is 12.2. The molecule has 6 heterocycles. The van der Waals surface area contributed by atoms with Crippen LogP contribution in [0.25, 0.3) is 112 Å². The average molecular weight is 955 g/mol. The quantitative estimate of drug-likeness (QED) is 0.0882. The molecule has 0 fully saturated rings. The summed E-state index contributed by atoms with van der Waals surface area (Å²) in [7, 11) is 0. The van der Waals surface area contributed by atoms with Gasteiger partial charge in [-0.1, -0.05) is 0 Å². The topological polar surface area (TPSA) is 113 Å². The molecule has 0 amide bonds. The summed E-state index contributed by atoms with van der Waals surface area (Å²) in [5, 5.41) is 1.52. The first-order chi connectivity index (χ1) is 34.5. The summed E-state index contributed by atoms with van der Waals surface area (Å²) in [6, 6.07) is 27.7. The van der Waals surface area contributed by atoms with Crippen LogP contribution in [0.2, 0.25) is 0 Å². The summed E-state index contributed by atoms with van der Waals surface area (Å²) >= 11 is 0. The van der Waals surface area contributed by atoms with Crippen molar-refractivity contribution in [2.45, 2.75) is 6.18 Å². The third kappa shape index (κ3) is 6.93. The minimum Gasteiger partial charge on any atom is -0.309 e. The molecule has 0 saturated carbocycles. The molecular weight excluding hydrogens is 929 g/mol. The number of benzene rings is 6. The molecule has 18 heteroatoms. The maximum Gasteiger partial charge on any atom is 0.420 e. The molecule has 6 aromatic heterocycles. The van der Waals surface area contributed by atoms with Crippen molar-refractivity contribution in [2.75, 3.05) is 0 Å². The minimum absolute atomic E-state index is 0.0563. The highest BCUT2D eigenvalue weighted by molar-refractivity contribution is 6.13. The first-order valence-electron chi connectivity index (χ1n) is 21.5. The van der Waals surface area contributed by atoms with Gasteiger partial charge in [0.15, 0.2) is 46.6 Å². The molecule has 344 valence electrons. The SMILES string of the molecule is Fc1c(F)c(F)c(-c2ccc(-n3c4ccc(-c5ncccn5)cc4c4cc(-c5ncccn5)ccc43)c(C(F)(F)F)c2-n2c3ccc(-c4ncccn4)cc3c3cc(-c4ncccn4)ccc32)c(F)c1F. The van der Waals surface area contributed by atoms with Crippen molar-refractivity contribution >= 4 is 43.6 Å². The monoisotopic (exact) mass is 954 g/mol. The van der Waals surface area contributed by atoms with Crippen molar-refractivity contribution < 1.29 is 35.1 Å². The van der Waals surface area contributed by atoms with Crippen LogP contribution in [0.4, 0.5) is 35.1 Å². The van der Waals surface area contributed by atoms with Gasteiger partial charge in [0.05, 0.1) is 39.0 Å². The molecule has 0 aliphatic carbocycles. The number of nitrogens with zero attached hydrogens (tertiary/aromatic N) is 10. The highest BCUT2D eigenvalue weighted by Crippen LogP contribution is 2.50. The molecule has 0 aliphatic rings. The average Bonchev–Trinajstić information content (AvgIpc) is 3.91. The number of fused-ring (bicyclic) bond motifs is 6. The smallest absolute Gasteiger partial charge is 0.309 e. The van der Waals surface area contributed by atoms with E-state index in [-0.39, 0.29) is 33.7 Å². The molecule has 12 rings (SSSR count). The van der Waals surface area contributed by atoms with Gasteiger partial charge >= 0.3 is 6.18 Å². The summed E-state index contributed by atoms with van der Waals surface area (Å²) in [5.41, 5.74) is -2.93. The Morgan fingerprint density at radius 2 is 0.662 bits per heavy atom. The molecule has 12 aromatic rings. The van der Waals surface area contributed by atoms with Gasteiger partial charge in [-0.05, 0) is 109 Å². The van der Waals surface area contributed by atoms with Gasteiger partial charge in [0.2, 0.25) is 5.82 Å². The summed E-state index contributed by atoms with van der Waals surface area (Å²) in [6.45, 7) is 0. The molecule has 6 aromatic carbocycles. The van der Waals surface area contributed by atoms with E-state index in [1.165, 1.54) is 41.5 Å². The van der Waals surface area contributed by atoms with Crippen LogP contribution in [0.15, 0.2) is 159 Å². The molecule has 0 unspecified atom stereocenters. The summed E-state index contributed by atoms with van der Waals surface area (Å²) in [6.07, 6.45) is 6.82. The lowest BCUT2D eigenvalue weighted by atomic mass is 9.95. The fraction of sp³-hybridized carbons (Fsp3) is 0.0189. The fourth-order valence-electron chi connectivity index (χ4n) is 9.22. The van der Waals surface area contributed by atoms with Crippen LogP contribution in [0.5, 0.6) is 0 Å². The van der Waals surface area contributed by atoms with E-state index >= 15 is 30.7 Å². The van der Waals surface area contributed by atoms with Gasteiger partial charge in [-0.2, -0.15) is 13.2 Å². The van der Waals surface area contributed by atoms with Gasteiger partial charge < -0.3 is 9.13 Å². The number of hydrogen-bond donors (Lipinski definition) is 0. The van der Waals surface area contributed by atoms with Gasteiger partial charge in [0.1, 0.15) is 5.56 Å². The number of alkyl halides is 3. The second-order valence-electron chi connectivity index (χ2n) is 16.2. The number of rotatable bonds is 7. The first-order valence-corrected chi connectivity index (χ1v) is 21.5. The standard InChI is InChI=1S/C53H26F8N10/c54-43-41(44(55)46(57)47(58)45(43)56)31-9-14-40(70-36-10-5-27(49-62-15-1-16-63-49)23-32(36)33-24-28(6-11-37(33)70)50-64-17-2-18-65-50)42(53(59,60)61)48(31)71-38-12-7-29(51-66-19-3-20-67-51)25-34(38)35-26-30(8-13-39(35)71)52-68-21-4-22-69-52/h1-26H. The van der Waals surface area contributed by atoms with Gasteiger partial charge in [0, 0.05) is 98.9 Å². The molecule has 0 saturated heterocycles. The second kappa shape index (κ2) is 16.4. The molecular formula is C53H26F8N10. The van der Waals surface area contributed by atoms with E-state index in [1.54, 1.807) is 110 Å². The second-order valence-corrected chi connectivity index (χ2v) is 16.2. The van der Waals surface area contributed by atoms with Crippen molar-refractivity contribution in [3.63, 3.8) is 0 Å². The number of hydrogen-bond acceptors (Lipinski definition) is 8. The van der Waals surface area contributed by atoms with Crippen LogP contribution in [0, 0.1) is 29.1 Å². The Hall–Kier alpha value is -9.32. The van der Waals surface area contributed by atoms with E-state index < -0.39 is 63.3 Å². The molecule has 10 nitrogen and oxygen atoms in total. The largest absolute Gasteiger partial charge is 0.420 e. The van der Waals surface area contributed by atoms with Crippen LogP contribution in [0.3, 0.4) is 0 Å². The Labute approximate surface area is 394 Å². The van der Waals surface area contributed by atoms with E-state index in [0.29, 0.717) is 55.4 Å². The Bertz CT molecular complexity index is 3870. The Kier molecular flexibility index (Phi) is 9.95. The molecule has 0 aliphatic heterocycles. The van der Waals surface area contributed by atoms with Crippen LogP contribution < -0.4 is 0 Å². The van der Waals surface area contributed by atoms with Crippen molar-refractivity contribution in [1.29, 1.82) is 0 Å². The van der Waals surface area contributed by atoms with Crippen LogP contribution in [0.1, 0.15) is 5.56 Å². The lowest BCUT2D eigenvalue weighted by Gasteiger charge is -2.25. The fourth-order valence-corrected chi connectivity index (χ4v) is 9.22. The zero-order valence-electron chi connectivity index (χ0n) is 36.0. The normalized spacial score (nSPS) is 11.9. The van der Waals surface area contributed by atoms with Crippen molar-refractivity contribution in [3.05, 3.63) is 193 Å². The predicted molar refractivity (Wildman–Crippen MR) is 249 cm³/mol. The van der Waals surface area contributed by atoms with E-state index in [0.717, 1.165) is 16.7 Å². The molecule has 0 atom stereocenters. The summed E-state index contributed by atoms with van der Waals surface area (Å²) in [5.74, 6) is -10.6. The minimum atomic E-state index is -5.41. The third-order valence-corrected chi connectivity index (χ3v) is 12.2. The van der Waals surface area contributed by atoms with E-state index in [2.05, 4.69) is 39.9 Å². The zero-order chi connectivity index (χ0) is 48.7. The van der Waals surface area contributed by atoms with Gasteiger partial charge in [-0.3, -0.25) is 0 Å². The summed E-state index contributed by atoms with van der Waals surface area (Å²) < 4.78 is 131. The summed E-state index contributed by atoms with van der Waals surface area (Å²) in [4.78, 5) is 34.9. The van der Waals surface area contributed by atoms with Crippen molar-refractivity contribution in [1.82, 2.24) is 49.0 Å². The Balaban J connectivity index is 1.24. The van der Waals surface area contributed by atoms with E-state index in [1.807, 2.05) is 0 Å². The zero-order valence-corrected chi connectivity index (χ0v) is 36.0. The van der Waals surface area contributed by atoms with Crippen molar-refractivity contribution in [3.8, 4) is 68.1 Å². The van der Waals surface area contributed by atoms with Crippen LogP contribution >= 0.6 is 0 Å². The van der Waals surface area contributed by atoms with Crippen molar-refractivity contribution in [2.24, 2.45) is 0 Å². The molecule has 0 bridgehead atoms. The van der Waals surface area contributed by atoms with Gasteiger partial charge in [-0.15, -0.1) is 0 Å². The number of halogens is 8. The van der Waals surface area contributed by atoms with Crippen LogP contribution in [-0.2, 0) is 6.18 Å². The molecule has 0 spiro atoms. The van der Waals surface area contributed by atoms with E-state index in [9.17, 15) is 4.39 Å². The number of aromatic nitrogens is 10. The molecule has 0 N–H and O–H groups in total. The van der Waals surface area contributed by atoms with Crippen LogP contribution in [-0.4, -0.2) is 49.0 Å². The maximum absolute atomic E-state index is 16.9. The Morgan fingerprint density at radius 1 is 0.352 bits per heavy atom. The first kappa shape index (κ1) is 43.0. The maximum atomic E-state index is 16.9. The lowest BCUT2D eigenvalue weighted by molar-refractivity contribution is -0.137. The predicted octanol–water partition coefficient (Wildman–Crippen LogP) is 13.1. The molecule has 0 radical (unpaired) electrons. The van der Waals surface area contributed by atoms with Gasteiger partial charge in [-0.25, -0.2) is 61.8 Å². The Morgan fingerprint density at radius 3 is 0.986 bits per heavy atom.